The number of allylic oxidation sites excluding steroid dienone is 1. The molecule has 2 heteroatoms. The lowest BCUT2D eigenvalue weighted by Crippen LogP contribution is -2.04. The highest BCUT2D eigenvalue weighted by Gasteiger charge is 2.10. The Balaban J connectivity index is 3.01. The van der Waals surface area contributed by atoms with E-state index in [1.54, 1.807) is 6.08 Å². The van der Waals surface area contributed by atoms with Gasteiger partial charge in [0, 0.05) is 6.08 Å². The molecule has 0 amide bonds. The summed E-state index contributed by atoms with van der Waals surface area (Å²) < 4.78 is 5.01. The molecule has 0 saturated carbocycles. The molecule has 1 atom stereocenters. The third-order valence-electron chi connectivity index (χ3n) is 3.61. The summed E-state index contributed by atoms with van der Waals surface area (Å²) in [5, 5.41) is 0. The molecule has 20 heavy (non-hydrogen) atoms. The van der Waals surface area contributed by atoms with E-state index < -0.39 is 0 Å². The van der Waals surface area contributed by atoms with Crippen molar-refractivity contribution in [3.8, 4) is 0 Å². The second-order valence-electron chi connectivity index (χ2n) is 5.44. The molecule has 0 aromatic heterocycles. The van der Waals surface area contributed by atoms with Crippen LogP contribution in [0, 0.1) is 5.92 Å². The monoisotopic (exact) mass is 274 g/mol. The molecule has 1 aromatic carbocycles. The maximum absolute atomic E-state index is 11.7. The number of rotatable bonds is 6. The quantitative estimate of drug-likeness (QED) is 0.550. The van der Waals surface area contributed by atoms with E-state index >= 15 is 0 Å². The van der Waals surface area contributed by atoms with Crippen molar-refractivity contribution < 1.29 is 9.53 Å². The molecule has 0 saturated heterocycles. The average Bonchev–Trinajstić information content (AvgIpc) is 2.44. The minimum atomic E-state index is -0.262. The van der Waals surface area contributed by atoms with Crippen molar-refractivity contribution in [2.45, 2.75) is 47.0 Å². The number of benzene rings is 1. The maximum Gasteiger partial charge on any atom is 0.331 e. The Hall–Kier alpha value is -1.57. The van der Waals surface area contributed by atoms with Crippen LogP contribution < -0.4 is 0 Å². The number of hydrogen-bond donors (Lipinski definition) is 0. The van der Waals surface area contributed by atoms with Gasteiger partial charge in [0.25, 0.3) is 0 Å². The molecular formula is C18H26O2. The summed E-state index contributed by atoms with van der Waals surface area (Å²) in [5.41, 5.74) is 3.47. The summed E-state index contributed by atoms with van der Waals surface area (Å²) in [6.45, 7) is 10.8. The van der Waals surface area contributed by atoms with Crippen molar-refractivity contribution in [1.82, 2.24) is 0 Å². The molecule has 0 aliphatic heterocycles. The van der Waals surface area contributed by atoms with Gasteiger partial charge in [0.1, 0.15) is 0 Å². The average molecular weight is 274 g/mol. The van der Waals surface area contributed by atoms with Gasteiger partial charge in [-0.15, -0.1) is 0 Å². The van der Waals surface area contributed by atoms with Gasteiger partial charge in [0.05, 0.1) is 6.61 Å². The molecule has 1 aromatic rings. The molecule has 1 rings (SSSR count). The largest absolute Gasteiger partial charge is 0.463 e. The number of carbonyl (C=O) groups is 1. The Morgan fingerprint density at radius 1 is 1.15 bits per heavy atom. The van der Waals surface area contributed by atoms with Crippen LogP contribution >= 0.6 is 0 Å². The molecule has 0 heterocycles. The van der Waals surface area contributed by atoms with E-state index in [2.05, 4.69) is 52.0 Å². The van der Waals surface area contributed by atoms with Crippen LogP contribution in [0.4, 0.5) is 0 Å². The first-order valence-corrected chi connectivity index (χ1v) is 7.48. The molecule has 0 radical (unpaired) electrons. The Kier molecular flexibility index (Phi) is 6.50. The third-order valence-corrected chi connectivity index (χ3v) is 3.61. The molecule has 1 unspecified atom stereocenters. The number of carbonyl (C=O) groups excluding carboxylic acids is 1. The van der Waals surface area contributed by atoms with Gasteiger partial charge >= 0.3 is 5.97 Å². The Morgan fingerprint density at radius 2 is 1.75 bits per heavy atom. The van der Waals surface area contributed by atoms with Crippen LogP contribution in [0.25, 0.3) is 5.57 Å². The van der Waals surface area contributed by atoms with Gasteiger partial charge in [-0.05, 0) is 41.9 Å². The highest BCUT2D eigenvalue weighted by atomic mass is 16.5. The van der Waals surface area contributed by atoms with E-state index in [4.69, 9.17) is 4.74 Å². The standard InChI is InChI=1S/C18H26O2/c1-6-14(5)15-8-10-16(11-9-15)17(13(3)4)12-18(19)20-7-2/h8-14H,6-7H2,1-5H3. The number of esters is 1. The predicted molar refractivity (Wildman–Crippen MR) is 84.6 cm³/mol. The van der Waals surface area contributed by atoms with Crippen molar-refractivity contribution in [3.05, 3.63) is 41.5 Å². The Labute approximate surface area is 122 Å². The van der Waals surface area contributed by atoms with E-state index in [0.29, 0.717) is 12.5 Å². The fraction of sp³-hybridized carbons (Fsp3) is 0.500. The fourth-order valence-corrected chi connectivity index (χ4v) is 2.13. The zero-order valence-corrected chi connectivity index (χ0v) is 13.3. The molecule has 0 spiro atoms. The predicted octanol–water partition coefficient (Wildman–Crippen LogP) is 4.80. The van der Waals surface area contributed by atoms with Gasteiger partial charge < -0.3 is 4.74 Å². The van der Waals surface area contributed by atoms with Gasteiger partial charge in [-0.1, -0.05) is 52.0 Å². The normalized spacial score (nSPS) is 13.4. The van der Waals surface area contributed by atoms with Gasteiger partial charge in [-0.2, -0.15) is 0 Å². The van der Waals surface area contributed by atoms with Crippen LogP contribution in [-0.4, -0.2) is 12.6 Å². The van der Waals surface area contributed by atoms with Crippen molar-refractivity contribution in [2.75, 3.05) is 6.61 Å². The second-order valence-corrected chi connectivity index (χ2v) is 5.44. The third kappa shape index (κ3) is 4.52. The smallest absolute Gasteiger partial charge is 0.331 e. The number of hydrogen-bond acceptors (Lipinski definition) is 2. The SMILES string of the molecule is CCOC(=O)C=C(c1ccc(C(C)CC)cc1)C(C)C. The first-order valence-electron chi connectivity index (χ1n) is 7.48. The molecule has 0 fully saturated rings. The first-order chi connectivity index (χ1) is 9.49. The molecule has 0 bridgehead atoms. The summed E-state index contributed by atoms with van der Waals surface area (Å²) >= 11 is 0. The first kappa shape index (κ1) is 16.5. The van der Waals surface area contributed by atoms with Crippen LogP contribution in [0.5, 0.6) is 0 Å². The Bertz CT molecular complexity index is 455. The molecule has 2 nitrogen and oxygen atoms in total. The van der Waals surface area contributed by atoms with Gasteiger partial charge in [0.15, 0.2) is 0 Å². The summed E-state index contributed by atoms with van der Waals surface area (Å²) in [4.78, 5) is 11.7. The van der Waals surface area contributed by atoms with Gasteiger partial charge in [-0.3, -0.25) is 0 Å². The van der Waals surface area contributed by atoms with Crippen LogP contribution in [0.3, 0.4) is 0 Å². The van der Waals surface area contributed by atoms with Crippen molar-refractivity contribution in [1.29, 1.82) is 0 Å². The zero-order chi connectivity index (χ0) is 15.1. The fourth-order valence-electron chi connectivity index (χ4n) is 2.13. The summed E-state index contributed by atoms with van der Waals surface area (Å²) in [6.07, 6.45) is 2.75. The Morgan fingerprint density at radius 3 is 2.20 bits per heavy atom. The van der Waals surface area contributed by atoms with Crippen molar-refractivity contribution >= 4 is 11.5 Å². The van der Waals surface area contributed by atoms with Crippen LogP contribution in [-0.2, 0) is 9.53 Å². The van der Waals surface area contributed by atoms with E-state index in [-0.39, 0.29) is 11.9 Å². The van der Waals surface area contributed by atoms with Crippen LogP contribution in [0.2, 0.25) is 0 Å². The highest BCUT2D eigenvalue weighted by Crippen LogP contribution is 2.26. The van der Waals surface area contributed by atoms with E-state index in [9.17, 15) is 4.79 Å². The van der Waals surface area contributed by atoms with E-state index in [0.717, 1.165) is 17.6 Å². The molecule has 0 aliphatic carbocycles. The topological polar surface area (TPSA) is 26.3 Å². The lowest BCUT2D eigenvalue weighted by atomic mass is 9.91. The minimum absolute atomic E-state index is 0.262. The minimum Gasteiger partial charge on any atom is -0.463 e. The maximum atomic E-state index is 11.7. The van der Waals surface area contributed by atoms with Crippen molar-refractivity contribution in [3.63, 3.8) is 0 Å². The lowest BCUT2D eigenvalue weighted by Gasteiger charge is -2.14. The van der Waals surface area contributed by atoms with E-state index in [1.807, 2.05) is 6.92 Å². The number of ether oxygens (including phenoxy) is 1. The molecular weight excluding hydrogens is 248 g/mol. The van der Waals surface area contributed by atoms with E-state index in [1.165, 1.54) is 5.56 Å². The second kappa shape index (κ2) is 7.88. The van der Waals surface area contributed by atoms with Crippen LogP contribution in [0.1, 0.15) is 58.1 Å². The van der Waals surface area contributed by atoms with Crippen molar-refractivity contribution in [2.24, 2.45) is 5.92 Å². The lowest BCUT2D eigenvalue weighted by molar-refractivity contribution is -0.137. The summed E-state index contributed by atoms with van der Waals surface area (Å²) in [5.74, 6) is 0.594. The molecule has 110 valence electrons. The molecule has 0 aliphatic rings. The zero-order valence-electron chi connectivity index (χ0n) is 13.3. The highest BCUT2D eigenvalue weighted by molar-refractivity contribution is 5.91. The summed E-state index contributed by atoms with van der Waals surface area (Å²) in [7, 11) is 0. The van der Waals surface area contributed by atoms with Crippen LogP contribution in [0.15, 0.2) is 30.3 Å². The summed E-state index contributed by atoms with van der Waals surface area (Å²) in [6, 6.07) is 8.52. The molecule has 0 N–H and O–H groups in total. The van der Waals surface area contributed by atoms with Gasteiger partial charge in [-0.25, -0.2) is 4.79 Å². The van der Waals surface area contributed by atoms with Gasteiger partial charge in [0.2, 0.25) is 0 Å².